The summed E-state index contributed by atoms with van der Waals surface area (Å²) in [4.78, 5) is 30.8. The Morgan fingerprint density at radius 1 is 1.02 bits per heavy atom. The Bertz CT molecular complexity index is 1500. The number of ether oxygens (including phenoxy) is 5. The first kappa shape index (κ1) is 31.9. The van der Waals surface area contributed by atoms with E-state index in [1.54, 1.807) is 36.3 Å². The van der Waals surface area contributed by atoms with Crippen LogP contribution in [0.1, 0.15) is 36.8 Å². The Kier molecular flexibility index (Phi) is 10.3. The van der Waals surface area contributed by atoms with E-state index in [9.17, 15) is 14.7 Å². The first-order valence-electron chi connectivity index (χ1n) is 15.2. The number of carbonyl (C=O) groups excluding carboxylic acids is 1. The average molecular weight is 620 g/mol. The average Bonchev–Trinajstić information content (AvgIpc) is 3.68. The van der Waals surface area contributed by atoms with Crippen LogP contribution >= 0.6 is 0 Å². The number of fused-ring (bicyclic) bond motifs is 1. The third-order valence-corrected chi connectivity index (χ3v) is 8.45. The number of likely N-dealkylation sites (tertiary alicyclic amines) is 1. The molecule has 11 nitrogen and oxygen atoms in total. The number of methoxy groups -OCH3 is 2. The number of carbonyl (C=O) groups is 2. The van der Waals surface area contributed by atoms with Crippen LogP contribution < -0.4 is 34.3 Å². The highest BCUT2D eigenvalue weighted by Crippen LogP contribution is 2.47. The molecule has 1 fully saturated rings. The van der Waals surface area contributed by atoms with Crippen molar-refractivity contribution >= 4 is 17.6 Å². The maximum absolute atomic E-state index is 14.1. The highest BCUT2D eigenvalue weighted by atomic mass is 16.7. The summed E-state index contributed by atoms with van der Waals surface area (Å²) in [7, 11) is 3.08. The van der Waals surface area contributed by atoms with Crippen molar-refractivity contribution in [2.24, 2.45) is 11.7 Å². The van der Waals surface area contributed by atoms with Gasteiger partial charge in [-0.05, 0) is 53.9 Å². The predicted octanol–water partition coefficient (Wildman–Crippen LogP) is 4.27. The van der Waals surface area contributed by atoms with Gasteiger partial charge < -0.3 is 39.4 Å². The zero-order valence-corrected chi connectivity index (χ0v) is 25.9. The molecule has 1 saturated heterocycles. The fourth-order valence-electron chi connectivity index (χ4n) is 6.14. The first-order valence-corrected chi connectivity index (χ1v) is 15.2. The molecule has 3 N–H and O–H groups in total. The van der Waals surface area contributed by atoms with Crippen molar-refractivity contribution in [2.45, 2.75) is 38.3 Å². The lowest BCUT2D eigenvalue weighted by molar-refractivity contribution is -0.143. The molecule has 3 atom stereocenters. The molecule has 2 aliphatic heterocycles. The van der Waals surface area contributed by atoms with Gasteiger partial charge in [-0.3, -0.25) is 14.5 Å². The van der Waals surface area contributed by atoms with Crippen molar-refractivity contribution in [3.63, 3.8) is 0 Å². The number of hydrogen-bond acceptors (Lipinski definition) is 9. The fraction of sp³-hybridized carbons (Fsp3) is 0.412. The molecule has 0 bridgehead atoms. The summed E-state index contributed by atoms with van der Waals surface area (Å²) < 4.78 is 28.5. The third-order valence-electron chi connectivity index (χ3n) is 8.45. The molecule has 0 spiro atoms. The number of unbranched alkanes of at least 4 members (excludes halogenated alkanes) is 1. The summed E-state index contributed by atoms with van der Waals surface area (Å²) in [5.74, 6) is -0.0373. The minimum atomic E-state index is -0.987. The summed E-state index contributed by atoms with van der Waals surface area (Å²) in [5, 5.41) is 10.6. The minimum absolute atomic E-state index is 0.00150. The van der Waals surface area contributed by atoms with E-state index in [0.717, 1.165) is 29.7 Å². The van der Waals surface area contributed by atoms with Gasteiger partial charge in [-0.15, -0.1) is 0 Å². The molecule has 3 aromatic rings. The van der Waals surface area contributed by atoms with Gasteiger partial charge in [0.15, 0.2) is 23.0 Å². The summed E-state index contributed by atoms with van der Waals surface area (Å²) in [5.41, 5.74) is 8.31. The molecule has 0 radical (unpaired) electrons. The zero-order chi connectivity index (χ0) is 31.9. The molecule has 3 aromatic carbocycles. The molecular weight excluding hydrogens is 578 g/mol. The second-order valence-electron chi connectivity index (χ2n) is 11.2. The molecule has 0 aliphatic carbocycles. The van der Waals surface area contributed by atoms with Crippen LogP contribution in [0.3, 0.4) is 0 Å². The Morgan fingerprint density at radius 3 is 2.51 bits per heavy atom. The minimum Gasteiger partial charge on any atom is -0.493 e. The highest BCUT2D eigenvalue weighted by Gasteiger charge is 2.48. The fourth-order valence-corrected chi connectivity index (χ4v) is 6.14. The van der Waals surface area contributed by atoms with Crippen LogP contribution in [0.15, 0.2) is 60.7 Å². The van der Waals surface area contributed by atoms with E-state index < -0.39 is 23.8 Å². The topological polar surface area (TPSA) is 133 Å². The van der Waals surface area contributed by atoms with Crippen LogP contribution in [0, 0.1) is 5.92 Å². The van der Waals surface area contributed by atoms with Crippen molar-refractivity contribution in [2.75, 3.05) is 52.2 Å². The third kappa shape index (κ3) is 6.94. The Morgan fingerprint density at radius 2 is 1.80 bits per heavy atom. The maximum atomic E-state index is 14.1. The molecule has 11 heteroatoms. The second-order valence-corrected chi connectivity index (χ2v) is 11.2. The summed E-state index contributed by atoms with van der Waals surface area (Å²) >= 11 is 0. The number of para-hydroxylation sites is 2. The number of anilines is 1. The van der Waals surface area contributed by atoms with Crippen molar-refractivity contribution in [1.29, 1.82) is 0 Å². The molecule has 45 heavy (non-hydrogen) atoms. The van der Waals surface area contributed by atoms with E-state index in [4.69, 9.17) is 29.4 Å². The van der Waals surface area contributed by atoms with Crippen molar-refractivity contribution in [3.8, 4) is 28.7 Å². The number of rotatable bonds is 14. The number of hydrogen-bond donors (Lipinski definition) is 2. The summed E-state index contributed by atoms with van der Waals surface area (Å²) in [6, 6.07) is 17.8. The molecule has 1 amide bonds. The van der Waals surface area contributed by atoms with Gasteiger partial charge in [-0.1, -0.05) is 37.6 Å². The zero-order valence-electron chi connectivity index (χ0n) is 25.9. The number of nitrogens with two attached hydrogens (primary N) is 1. The molecular formula is C34H41N3O8. The van der Waals surface area contributed by atoms with Gasteiger partial charge in [-0.2, -0.15) is 0 Å². The molecule has 0 saturated carbocycles. The molecule has 2 heterocycles. The number of nitrogens with zero attached hydrogens (tertiary/aromatic N) is 2. The lowest BCUT2D eigenvalue weighted by Crippen LogP contribution is -2.46. The Labute approximate surface area is 263 Å². The van der Waals surface area contributed by atoms with E-state index in [0.29, 0.717) is 48.4 Å². The Hall–Kier alpha value is -4.48. The molecule has 5 rings (SSSR count). The van der Waals surface area contributed by atoms with E-state index in [2.05, 4.69) is 6.92 Å². The van der Waals surface area contributed by atoms with E-state index in [1.165, 1.54) is 7.11 Å². The van der Waals surface area contributed by atoms with Crippen LogP contribution in [0.2, 0.25) is 0 Å². The standard InChI is InChI=1S/C34H41N3O8/c1-4-5-13-37(24-10-8-9-22(14-24)17-35)31(38)19-36-18-25(23-15-29(42-3)33-30(16-23)44-21-45-33)32(34(39)40)26(36)20-43-28-12-7-6-11-27(28)41-2/h6-12,14-16,25-26,32H,4-5,13,17-21,35H2,1-3H3,(H,39,40). The number of benzene rings is 3. The summed E-state index contributed by atoms with van der Waals surface area (Å²) in [6.07, 6.45) is 1.73. The van der Waals surface area contributed by atoms with E-state index in [1.807, 2.05) is 41.3 Å². The van der Waals surface area contributed by atoms with Gasteiger partial charge in [-0.25, -0.2) is 0 Å². The Balaban J connectivity index is 1.49. The monoisotopic (exact) mass is 619 g/mol. The van der Waals surface area contributed by atoms with E-state index in [-0.39, 0.29) is 25.9 Å². The number of aliphatic carboxylic acids is 1. The van der Waals surface area contributed by atoms with Crippen LogP contribution in [-0.4, -0.2) is 75.2 Å². The molecule has 240 valence electrons. The van der Waals surface area contributed by atoms with Crippen LogP contribution in [-0.2, 0) is 16.1 Å². The number of amides is 1. The largest absolute Gasteiger partial charge is 0.493 e. The first-order chi connectivity index (χ1) is 21.9. The van der Waals surface area contributed by atoms with Gasteiger partial charge in [0.2, 0.25) is 18.4 Å². The molecule has 2 aliphatic rings. The van der Waals surface area contributed by atoms with Gasteiger partial charge >= 0.3 is 5.97 Å². The lowest BCUT2D eigenvalue weighted by atomic mass is 9.85. The van der Waals surface area contributed by atoms with Crippen molar-refractivity contribution in [3.05, 3.63) is 71.8 Å². The van der Waals surface area contributed by atoms with Crippen LogP contribution in [0.5, 0.6) is 28.7 Å². The van der Waals surface area contributed by atoms with Gasteiger partial charge in [0.25, 0.3) is 0 Å². The van der Waals surface area contributed by atoms with Crippen molar-refractivity contribution < 1.29 is 38.4 Å². The molecule has 3 unspecified atom stereocenters. The van der Waals surface area contributed by atoms with Crippen molar-refractivity contribution in [1.82, 2.24) is 4.90 Å². The normalized spacial score (nSPS) is 18.9. The quantitative estimate of drug-likeness (QED) is 0.270. The van der Waals surface area contributed by atoms with Crippen LogP contribution in [0.4, 0.5) is 5.69 Å². The van der Waals surface area contributed by atoms with Crippen LogP contribution in [0.25, 0.3) is 0 Å². The smallest absolute Gasteiger partial charge is 0.308 e. The summed E-state index contributed by atoms with van der Waals surface area (Å²) in [6.45, 7) is 3.35. The number of carboxylic acid groups (broad SMARTS) is 1. The number of carboxylic acids is 1. The lowest BCUT2D eigenvalue weighted by Gasteiger charge is -2.30. The van der Waals surface area contributed by atoms with Gasteiger partial charge in [0.1, 0.15) is 6.61 Å². The SMILES string of the molecule is CCCCN(C(=O)CN1CC(c2cc(OC)c3c(c2)OCO3)C(C(=O)O)C1COc1ccccc1OC)c1cccc(CN)c1. The second kappa shape index (κ2) is 14.5. The van der Waals surface area contributed by atoms with E-state index >= 15 is 0 Å². The van der Waals surface area contributed by atoms with Gasteiger partial charge in [0.05, 0.1) is 32.7 Å². The predicted molar refractivity (Wildman–Crippen MR) is 168 cm³/mol. The van der Waals surface area contributed by atoms with Gasteiger partial charge in [0, 0.05) is 31.2 Å². The highest BCUT2D eigenvalue weighted by molar-refractivity contribution is 5.95. The molecule has 0 aromatic heterocycles. The maximum Gasteiger partial charge on any atom is 0.308 e.